The SMILES string of the molecule is COC(=O)CNC(=O)[C@H]1CC[C@H](NC(=O)c2n[nH]c3c2CCC3)[C@@H](OC)C1. The van der Waals surface area contributed by atoms with Gasteiger partial charge in [0.2, 0.25) is 5.91 Å². The molecule has 3 atom stereocenters. The molecule has 0 aliphatic heterocycles. The van der Waals surface area contributed by atoms with E-state index in [1.165, 1.54) is 7.11 Å². The first kappa shape index (κ1) is 19.3. The molecule has 148 valence electrons. The summed E-state index contributed by atoms with van der Waals surface area (Å²) in [7, 11) is 2.85. The van der Waals surface area contributed by atoms with E-state index in [0.29, 0.717) is 25.0 Å². The van der Waals surface area contributed by atoms with Gasteiger partial charge in [-0.3, -0.25) is 19.5 Å². The highest BCUT2D eigenvalue weighted by molar-refractivity contribution is 5.94. The van der Waals surface area contributed by atoms with Gasteiger partial charge in [-0.1, -0.05) is 0 Å². The highest BCUT2D eigenvalue weighted by Gasteiger charge is 2.36. The standard InChI is InChI=1S/C18H26N4O5/c1-26-14-8-10(17(24)19-9-15(23)27-2)6-7-13(14)20-18(25)16-11-4-3-5-12(11)21-22-16/h10,13-14H,3-9H2,1-2H3,(H,19,24)(H,20,25)(H,21,22)/t10-,13-,14-/m0/s1. The van der Waals surface area contributed by atoms with Crippen molar-refractivity contribution in [1.29, 1.82) is 0 Å². The second kappa shape index (κ2) is 8.51. The van der Waals surface area contributed by atoms with Gasteiger partial charge in [-0.05, 0) is 38.5 Å². The van der Waals surface area contributed by atoms with Crippen LogP contribution < -0.4 is 10.6 Å². The van der Waals surface area contributed by atoms with E-state index >= 15 is 0 Å². The number of ether oxygens (including phenoxy) is 2. The largest absolute Gasteiger partial charge is 0.468 e. The number of aromatic amines is 1. The number of aromatic nitrogens is 2. The number of carbonyl (C=O) groups excluding carboxylic acids is 3. The minimum Gasteiger partial charge on any atom is -0.468 e. The molecule has 1 aromatic heterocycles. The molecule has 1 heterocycles. The summed E-state index contributed by atoms with van der Waals surface area (Å²) in [6.07, 6.45) is 4.27. The van der Waals surface area contributed by atoms with Crippen LogP contribution in [0, 0.1) is 5.92 Å². The minimum absolute atomic E-state index is 0.145. The second-order valence-corrected chi connectivity index (χ2v) is 7.04. The summed E-state index contributed by atoms with van der Waals surface area (Å²) in [5.74, 6) is -1.14. The molecule has 0 spiro atoms. The lowest BCUT2D eigenvalue weighted by molar-refractivity contribution is -0.142. The smallest absolute Gasteiger partial charge is 0.325 e. The van der Waals surface area contributed by atoms with Gasteiger partial charge >= 0.3 is 5.97 Å². The van der Waals surface area contributed by atoms with Crippen LogP contribution in [-0.2, 0) is 31.9 Å². The molecule has 2 aliphatic rings. The van der Waals surface area contributed by atoms with Crippen molar-refractivity contribution in [1.82, 2.24) is 20.8 Å². The Morgan fingerprint density at radius 3 is 2.78 bits per heavy atom. The van der Waals surface area contributed by atoms with Crippen molar-refractivity contribution in [2.75, 3.05) is 20.8 Å². The van der Waals surface area contributed by atoms with Crippen molar-refractivity contribution < 1.29 is 23.9 Å². The summed E-state index contributed by atoms with van der Waals surface area (Å²) < 4.78 is 10.1. The Hall–Kier alpha value is -2.42. The fourth-order valence-corrected chi connectivity index (χ4v) is 3.91. The van der Waals surface area contributed by atoms with E-state index in [4.69, 9.17) is 4.74 Å². The molecule has 0 radical (unpaired) electrons. The molecule has 1 saturated carbocycles. The van der Waals surface area contributed by atoms with Gasteiger partial charge in [-0.15, -0.1) is 0 Å². The van der Waals surface area contributed by atoms with E-state index < -0.39 is 5.97 Å². The fourth-order valence-electron chi connectivity index (χ4n) is 3.91. The van der Waals surface area contributed by atoms with Crippen LogP contribution in [0.2, 0.25) is 0 Å². The zero-order valence-electron chi connectivity index (χ0n) is 15.7. The van der Waals surface area contributed by atoms with E-state index in [9.17, 15) is 14.4 Å². The molecule has 2 amide bonds. The number of nitrogens with zero attached hydrogens (tertiary/aromatic N) is 1. The molecular weight excluding hydrogens is 352 g/mol. The zero-order chi connectivity index (χ0) is 19.4. The van der Waals surface area contributed by atoms with Crippen LogP contribution in [0.5, 0.6) is 0 Å². The Labute approximate surface area is 157 Å². The zero-order valence-corrected chi connectivity index (χ0v) is 15.7. The average Bonchev–Trinajstić information content (AvgIpc) is 3.29. The third-order valence-electron chi connectivity index (χ3n) is 5.44. The number of methoxy groups -OCH3 is 2. The number of carbonyl (C=O) groups is 3. The van der Waals surface area contributed by atoms with Crippen LogP contribution in [0.4, 0.5) is 0 Å². The predicted octanol–water partition coefficient (Wildman–Crippen LogP) is 0.101. The molecule has 27 heavy (non-hydrogen) atoms. The lowest BCUT2D eigenvalue weighted by Gasteiger charge is -2.35. The minimum atomic E-state index is -0.487. The van der Waals surface area contributed by atoms with E-state index in [-0.39, 0.29) is 36.4 Å². The first-order valence-corrected chi connectivity index (χ1v) is 9.27. The Balaban J connectivity index is 1.56. The number of hydrogen-bond donors (Lipinski definition) is 3. The monoisotopic (exact) mass is 378 g/mol. The topological polar surface area (TPSA) is 122 Å². The number of H-pyrrole nitrogens is 1. The van der Waals surface area contributed by atoms with Crippen molar-refractivity contribution in [2.45, 2.75) is 50.7 Å². The van der Waals surface area contributed by atoms with Crippen LogP contribution in [0.1, 0.15) is 47.4 Å². The molecule has 1 aromatic rings. The van der Waals surface area contributed by atoms with E-state index in [1.54, 1.807) is 7.11 Å². The van der Waals surface area contributed by atoms with E-state index in [1.807, 2.05) is 0 Å². The van der Waals surface area contributed by atoms with Crippen molar-refractivity contribution in [3.05, 3.63) is 17.0 Å². The van der Waals surface area contributed by atoms with Crippen molar-refractivity contribution in [2.24, 2.45) is 5.92 Å². The van der Waals surface area contributed by atoms with Gasteiger partial charge in [-0.25, -0.2) is 0 Å². The maximum atomic E-state index is 12.6. The van der Waals surface area contributed by atoms with Crippen molar-refractivity contribution in [3.8, 4) is 0 Å². The molecule has 9 nitrogen and oxygen atoms in total. The van der Waals surface area contributed by atoms with Gasteiger partial charge in [0.1, 0.15) is 6.54 Å². The quantitative estimate of drug-likeness (QED) is 0.604. The second-order valence-electron chi connectivity index (χ2n) is 7.04. The van der Waals surface area contributed by atoms with E-state index in [0.717, 1.165) is 30.5 Å². The first-order chi connectivity index (χ1) is 13.0. The van der Waals surface area contributed by atoms with Gasteiger partial charge in [0.05, 0.1) is 19.3 Å². The van der Waals surface area contributed by atoms with Crippen LogP contribution >= 0.6 is 0 Å². The number of aryl methyl sites for hydroxylation is 1. The van der Waals surface area contributed by atoms with Crippen molar-refractivity contribution in [3.63, 3.8) is 0 Å². The Bertz CT molecular complexity index is 717. The molecule has 9 heteroatoms. The van der Waals surface area contributed by atoms with Crippen molar-refractivity contribution >= 4 is 17.8 Å². The summed E-state index contributed by atoms with van der Waals surface area (Å²) in [5, 5.41) is 12.7. The highest BCUT2D eigenvalue weighted by atomic mass is 16.5. The molecule has 0 aromatic carbocycles. The number of nitrogens with one attached hydrogen (secondary N) is 3. The van der Waals surface area contributed by atoms with Gasteiger partial charge in [-0.2, -0.15) is 5.10 Å². The lowest BCUT2D eigenvalue weighted by Crippen LogP contribution is -2.50. The maximum Gasteiger partial charge on any atom is 0.325 e. The van der Waals surface area contributed by atoms with Gasteiger partial charge < -0.3 is 20.1 Å². The third-order valence-corrected chi connectivity index (χ3v) is 5.44. The summed E-state index contributed by atoms with van der Waals surface area (Å²) in [6, 6.07) is -0.180. The van der Waals surface area contributed by atoms with Gasteiger partial charge in [0, 0.05) is 24.3 Å². The van der Waals surface area contributed by atoms with Gasteiger partial charge in [0.25, 0.3) is 5.91 Å². The molecule has 0 saturated heterocycles. The molecule has 0 unspecified atom stereocenters. The number of amides is 2. The average molecular weight is 378 g/mol. The molecular formula is C18H26N4O5. The molecule has 0 bridgehead atoms. The Kier molecular flexibility index (Phi) is 6.10. The van der Waals surface area contributed by atoms with E-state index in [2.05, 4.69) is 25.6 Å². The molecule has 1 fully saturated rings. The lowest BCUT2D eigenvalue weighted by atomic mass is 9.83. The number of esters is 1. The number of fused-ring (bicyclic) bond motifs is 1. The maximum absolute atomic E-state index is 12.6. The summed E-state index contributed by atoms with van der Waals surface area (Å²) in [4.78, 5) is 36.1. The van der Waals surface area contributed by atoms with Crippen LogP contribution in [-0.4, -0.2) is 60.9 Å². The molecule has 3 N–H and O–H groups in total. The normalized spacial score (nSPS) is 24.1. The molecule has 3 rings (SSSR count). The van der Waals surface area contributed by atoms with Crippen LogP contribution in [0.3, 0.4) is 0 Å². The Morgan fingerprint density at radius 2 is 2.04 bits per heavy atom. The highest BCUT2D eigenvalue weighted by Crippen LogP contribution is 2.28. The summed E-state index contributed by atoms with van der Waals surface area (Å²) >= 11 is 0. The van der Waals surface area contributed by atoms with Crippen LogP contribution in [0.25, 0.3) is 0 Å². The van der Waals surface area contributed by atoms with Crippen LogP contribution in [0.15, 0.2) is 0 Å². The number of rotatable bonds is 6. The summed E-state index contributed by atoms with van der Waals surface area (Å²) in [5.41, 5.74) is 2.53. The molecule has 2 aliphatic carbocycles. The predicted molar refractivity (Wildman–Crippen MR) is 95.0 cm³/mol. The Morgan fingerprint density at radius 1 is 1.22 bits per heavy atom. The summed E-state index contributed by atoms with van der Waals surface area (Å²) in [6.45, 7) is -0.145. The number of hydrogen-bond acceptors (Lipinski definition) is 6. The fraction of sp³-hybridized carbons (Fsp3) is 0.667. The first-order valence-electron chi connectivity index (χ1n) is 9.27. The third kappa shape index (κ3) is 4.29. The van der Waals surface area contributed by atoms with Gasteiger partial charge in [0.15, 0.2) is 5.69 Å².